The molecule has 1 saturated carbocycles. The molecule has 1 aromatic carbocycles. The van der Waals surface area contributed by atoms with Crippen LogP contribution >= 0.6 is 11.8 Å². The molecule has 1 N–H and O–H groups in total. The summed E-state index contributed by atoms with van der Waals surface area (Å²) in [5, 5.41) is 11.0. The van der Waals surface area contributed by atoms with E-state index < -0.39 is 11.9 Å². The fourth-order valence-corrected chi connectivity index (χ4v) is 3.75. The highest BCUT2D eigenvalue weighted by atomic mass is 32.2. The third-order valence-electron chi connectivity index (χ3n) is 4.53. The molecule has 0 bridgehead atoms. The lowest BCUT2D eigenvalue weighted by Gasteiger charge is -2.22. The van der Waals surface area contributed by atoms with Crippen LogP contribution in [0.1, 0.15) is 43.2 Å². The van der Waals surface area contributed by atoms with E-state index in [-0.39, 0.29) is 4.91 Å². The predicted molar refractivity (Wildman–Crippen MR) is 109 cm³/mol. The van der Waals surface area contributed by atoms with Crippen molar-refractivity contribution in [2.24, 2.45) is 10.2 Å². The van der Waals surface area contributed by atoms with Crippen molar-refractivity contribution in [1.29, 1.82) is 0 Å². The molecule has 1 amide bonds. The van der Waals surface area contributed by atoms with Crippen molar-refractivity contribution in [2.75, 3.05) is 7.11 Å². The molecule has 28 heavy (non-hydrogen) atoms. The lowest BCUT2D eigenvalue weighted by molar-refractivity contribution is -0.135. The van der Waals surface area contributed by atoms with E-state index in [2.05, 4.69) is 20.3 Å². The van der Waals surface area contributed by atoms with Crippen LogP contribution in [-0.2, 0) is 25.7 Å². The fraction of sp³-hybridized carbons (Fsp3) is 0.400. The summed E-state index contributed by atoms with van der Waals surface area (Å²) in [6.07, 6.45) is 9.14. The Hall–Kier alpha value is -2.45. The Morgan fingerprint density at radius 2 is 2.07 bits per heavy atom. The molecular formula is C20H23N3O4S. The fourth-order valence-electron chi connectivity index (χ4n) is 3.02. The summed E-state index contributed by atoms with van der Waals surface area (Å²) in [6.45, 7) is 0.543. The summed E-state index contributed by atoms with van der Waals surface area (Å²) in [7, 11) is 1.26. The second-order valence-corrected chi connectivity index (χ2v) is 7.54. The zero-order valence-electron chi connectivity index (χ0n) is 15.7. The smallest absolute Gasteiger partial charge is 0.331 e. The molecule has 7 nitrogen and oxygen atoms in total. The lowest BCUT2D eigenvalue weighted by atomic mass is 9.98. The molecule has 0 radical (unpaired) electrons. The number of thioether (sulfide) groups is 1. The van der Waals surface area contributed by atoms with Gasteiger partial charge in [-0.15, -0.1) is 5.10 Å². The molecule has 0 spiro atoms. The van der Waals surface area contributed by atoms with Gasteiger partial charge in [-0.1, -0.05) is 43.5 Å². The molecule has 0 unspecified atom stereocenters. The van der Waals surface area contributed by atoms with E-state index in [0.29, 0.717) is 17.9 Å². The highest BCUT2D eigenvalue weighted by Gasteiger charge is 2.25. The predicted octanol–water partition coefficient (Wildman–Crippen LogP) is 3.15. The number of esters is 1. The van der Waals surface area contributed by atoms with Gasteiger partial charge in [-0.25, -0.2) is 4.79 Å². The molecule has 1 aromatic rings. The van der Waals surface area contributed by atoms with Gasteiger partial charge in [0.2, 0.25) is 0 Å². The van der Waals surface area contributed by atoms with Crippen LogP contribution in [0.5, 0.6) is 0 Å². The number of carbonyl (C=O) groups excluding carboxylic acids is 2. The number of ether oxygens (including phenoxy) is 2. The van der Waals surface area contributed by atoms with E-state index in [1.54, 1.807) is 6.21 Å². The van der Waals surface area contributed by atoms with Crippen LogP contribution in [-0.4, -0.2) is 36.5 Å². The highest BCUT2D eigenvalue weighted by molar-refractivity contribution is 8.18. The van der Waals surface area contributed by atoms with Crippen LogP contribution in [0.3, 0.4) is 0 Å². The first-order valence-corrected chi connectivity index (χ1v) is 10.1. The normalized spacial score (nSPS) is 20.8. The number of nitrogens with one attached hydrogen (secondary N) is 1. The molecule has 8 heteroatoms. The highest BCUT2D eigenvalue weighted by Crippen LogP contribution is 2.24. The van der Waals surface area contributed by atoms with E-state index in [9.17, 15) is 9.59 Å². The summed E-state index contributed by atoms with van der Waals surface area (Å²) in [5.41, 5.74) is 1.97. The topological polar surface area (TPSA) is 89.3 Å². The van der Waals surface area contributed by atoms with Crippen LogP contribution in [0.15, 0.2) is 45.4 Å². The average Bonchev–Trinajstić information content (AvgIpc) is 3.07. The van der Waals surface area contributed by atoms with Crippen molar-refractivity contribution in [1.82, 2.24) is 5.32 Å². The molecule has 2 fully saturated rings. The molecule has 1 saturated heterocycles. The number of hydrogen-bond donors (Lipinski definition) is 1. The maximum absolute atomic E-state index is 11.8. The Morgan fingerprint density at radius 3 is 2.86 bits per heavy atom. The summed E-state index contributed by atoms with van der Waals surface area (Å²) >= 11 is 1.04. The monoisotopic (exact) mass is 401 g/mol. The number of benzene rings is 1. The van der Waals surface area contributed by atoms with E-state index >= 15 is 0 Å². The van der Waals surface area contributed by atoms with Gasteiger partial charge in [-0.05, 0) is 30.2 Å². The van der Waals surface area contributed by atoms with Gasteiger partial charge in [0.15, 0.2) is 5.17 Å². The Labute approximate surface area is 168 Å². The number of hydrogen-bond acceptors (Lipinski definition) is 7. The van der Waals surface area contributed by atoms with Crippen molar-refractivity contribution in [3.05, 3.63) is 46.4 Å². The van der Waals surface area contributed by atoms with Crippen molar-refractivity contribution >= 4 is 35.0 Å². The van der Waals surface area contributed by atoms with E-state index in [0.717, 1.165) is 41.8 Å². The van der Waals surface area contributed by atoms with Crippen LogP contribution in [0.4, 0.5) is 0 Å². The van der Waals surface area contributed by atoms with Gasteiger partial charge >= 0.3 is 5.97 Å². The van der Waals surface area contributed by atoms with Gasteiger partial charge in [0.05, 0.1) is 30.9 Å². The minimum atomic E-state index is -0.589. The van der Waals surface area contributed by atoms with E-state index in [1.165, 1.54) is 26.4 Å². The largest absolute Gasteiger partial charge is 0.466 e. The van der Waals surface area contributed by atoms with Gasteiger partial charge in [0, 0.05) is 11.6 Å². The lowest BCUT2D eigenvalue weighted by Crippen LogP contribution is -2.19. The number of carbonyl (C=O) groups is 2. The van der Waals surface area contributed by atoms with E-state index in [1.807, 2.05) is 24.3 Å². The number of rotatable bonds is 6. The first-order valence-electron chi connectivity index (χ1n) is 9.25. The molecule has 0 aromatic heterocycles. The molecule has 148 valence electrons. The van der Waals surface area contributed by atoms with Crippen LogP contribution in [0.2, 0.25) is 0 Å². The summed E-state index contributed by atoms with van der Waals surface area (Å²) in [4.78, 5) is 23.3. The molecule has 1 aliphatic heterocycles. The zero-order chi connectivity index (χ0) is 19.8. The molecule has 2 aliphatic rings. The third-order valence-corrected chi connectivity index (χ3v) is 5.43. The van der Waals surface area contributed by atoms with Crippen LogP contribution in [0.25, 0.3) is 0 Å². The number of nitrogens with zero attached hydrogens (tertiary/aromatic N) is 2. The van der Waals surface area contributed by atoms with Crippen LogP contribution in [0, 0.1) is 0 Å². The second kappa shape index (κ2) is 10.2. The van der Waals surface area contributed by atoms with Crippen LogP contribution < -0.4 is 5.32 Å². The summed E-state index contributed by atoms with van der Waals surface area (Å²) in [5.74, 6) is -0.986. The van der Waals surface area contributed by atoms with Gasteiger partial charge in [0.25, 0.3) is 5.91 Å². The van der Waals surface area contributed by atoms with Crippen molar-refractivity contribution in [3.8, 4) is 0 Å². The Morgan fingerprint density at radius 1 is 1.29 bits per heavy atom. The number of methoxy groups -OCH3 is 1. The van der Waals surface area contributed by atoms with E-state index in [4.69, 9.17) is 4.74 Å². The van der Waals surface area contributed by atoms with Gasteiger partial charge in [-0.2, -0.15) is 5.10 Å². The Kier molecular flexibility index (Phi) is 7.39. The van der Waals surface area contributed by atoms with Crippen molar-refractivity contribution in [2.45, 2.75) is 44.8 Å². The minimum Gasteiger partial charge on any atom is -0.466 e. The zero-order valence-corrected chi connectivity index (χ0v) is 16.5. The Balaban J connectivity index is 1.61. The first kappa shape index (κ1) is 20.3. The van der Waals surface area contributed by atoms with Gasteiger partial charge in [0.1, 0.15) is 0 Å². The van der Waals surface area contributed by atoms with Crippen molar-refractivity contribution in [3.63, 3.8) is 0 Å². The number of amides is 1. The average molecular weight is 401 g/mol. The summed E-state index contributed by atoms with van der Waals surface area (Å²) < 4.78 is 10.6. The standard InChI is InChI=1S/C20H23N3O4S/c1-26-18(24)11-17-19(25)22-20(28-17)23-21-12-14-7-5-6-8-15(14)13-27-16-9-3-2-4-10-16/h5-8,11-12,16H,2-4,9-10,13H2,1H3,(H,22,23,25)/b17-11+,21-12?. The first-order chi connectivity index (χ1) is 13.7. The van der Waals surface area contributed by atoms with Crippen molar-refractivity contribution < 1.29 is 19.1 Å². The minimum absolute atomic E-state index is 0.224. The summed E-state index contributed by atoms with van der Waals surface area (Å²) in [6, 6.07) is 7.87. The molecular weight excluding hydrogens is 378 g/mol. The molecule has 1 heterocycles. The quantitative estimate of drug-likeness (QED) is 0.342. The molecule has 1 aliphatic carbocycles. The molecule has 3 rings (SSSR count). The Bertz CT molecular complexity index is 813. The maximum Gasteiger partial charge on any atom is 0.331 e. The van der Waals surface area contributed by atoms with Gasteiger partial charge < -0.3 is 9.47 Å². The SMILES string of the molecule is COC(=O)/C=C1/S/C(=N\N=Cc2ccccc2COC2CCCCC2)NC1=O. The molecule has 0 atom stereocenters. The second-order valence-electron chi connectivity index (χ2n) is 6.51. The van der Waals surface area contributed by atoms with Gasteiger partial charge in [-0.3, -0.25) is 10.1 Å². The third kappa shape index (κ3) is 5.77. The maximum atomic E-state index is 11.8. The number of amidine groups is 1.